The van der Waals surface area contributed by atoms with Crippen LogP contribution in [0.25, 0.3) is 0 Å². The van der Waals surface area contributed by atoms with E-state index in [1.165, 1.54) is 18.2 Å². The third kappa shape index (κ3) is 2.77. The minimum absolute atomic E-state index is 0.0312. The first-order chi connectivity index (χ1) is 8.40. The third-order valence-corrected chi connectivity index (χ3v) is 4.92. The fourth-order valence-corrected chi connectivity index (χ4v) is 4.22. The van der Waals surface area contributed by atoms with E-state index in [1.54, 1.807) is 0 Å². The summed E-state index contributed by atoms with van der Waals surface area (Å²) >= 11 is 12.3. The number of benzene rings is 1. The molecule has 0 saturated heterocycles. The number of hydrogen-bond donors (Lipinski definition) is 0. The van der Waals surface area contributed by atoms with Gasteiger partial charge in [0.2, 0.25) is 0 Å². The maximum absolute atomic E-state index is 13.3. The van der Waals surface area contributed by atoms with E-state index in [9.17, 15) is 12.8 Å². The molecule has 2 rings (SSSR count). The van der Waals surface area contributed by atoms with Crippen molar-refractivity contribution in [2.45, 2.75) is 4.90 Å². The van der Waals surface area contributed by atoms with E-state index < -0.39 is 21.7 Å². The number of rotatable bonds is 3. The summed E-state index contributed by atoms with van der Waals surface area (Å²) in [7, 11) is -4.19. The van der Waals surface area contributed by atoms with Crippen LogP contribution in [0.3, 0.4) is 0 Å². The highest BCUT2D eigenvalue weighted by molar-refractivity contribution is 7.87. The first-order valence-corrected chi connectivity index (χ1v) is 7.52. The Labute approximate surface area is 117 Å². The second-order valence-electron chi connectivity index (χ2n) is 3.16. The molecule has 1 heterocycles. The lowest BCUT2D eigenvalue weighted by molar-refractivity contribution is 0.462. The van der Waals surface area contributed by atoms with Crippen molar-refractivity contribution in [3.05, 3.63) is 44.8 Å². The zero-order valence-electron chi connectivity index (χ0n) is 8.56. The molecule has 18 heavy (non-hydrogen) atoms. The molecular formula is C10H5Cl2FO3S2. The Morgan fingerprint density at radius 3 is 2.44 bits per heavy atom. The molecule has 0 aliphatic rings. The lowest BCUT2D eigenvalue weighted by Gasteiger charge is -2.06. The zero-order valence-corrected chi connectivity index (χ0v) is 11.7. The van der Waals surface area contributed by atoms with Gasteiger partial charge in [-0.1, -0.05) is 35.3 Å². The van der Waals surface area contributed by atoms with Crippen LogP contribution < -0.4 is 4.18 Å². The van der Waals surface area contributed by atoms with Crippen LogP contribution in [-0.4, -0.2) is 8.42 Å². The third-order valence-electron chi connectivity index (χ3n) is 1.93. The number of thiophene rings is 1. The van der Waals surface area contributed by atoms with Gasteiger partial charge in [0.1, 0.15) is 9.23 Å². The molecule has 96 valence electrons. The molecule has 0 saturated carbocycles. The Balaban J connectivity index is 2.40. The van der Waals surface area contributed by atoms with Crippen molar-refractivity contribution < 1.29 is 17.0 Å². The number of hydrogen-bond acceptors (Lipinski definition) is 4. The van der Waals surface area contributed by atoms with Gasteiger partial charge in [-0.05, 0) is 18.2 Å². The summed E-state index contributed by atoms with van der Waals surface area (Å²) < 4.78 is 41.9. The van der Waals surface area contributed by atoms with E-state index >= 15 is 0 Å². The molecule has 1 aromatic heterocycles. The minimum atomic E-state index is -4.19. The van der Waals surface area contributed by atoms with Gasteiger partial charge < -0.3 is 4.18 Å². The summed E-state index contributed by atoms with van der Waals surface area (Å²) in [6, 6.07) is 6.33. The standard InChI is InChI=1S/C10H5Cl2FO3S2/c11-9-5-8(10(12)17-9)18(14,15)16-7-4-2-1-3-6(7)13/h1-5H. The number of para-hydroxylation sites is 1. The van der Waals surface area contributed by atoms with Gasteiger partial charge in [-0.2, -0.15) is 8.42 Å². The normalized spacial score (nSPS) is 11.5. The van der Waals surface area contributed by atoms with Crippen LogP contribution in [0.1, 0.15) is 0 Å². The van der Waals surface area contributed by atoms with Crippen LogP contribution in [-0.2, 0) is 10.1 Å². The lowest BCUT2D eigenvalue weighted by Crippen LogP contribution is -2.10. The molecule has 8 heteroatoms. The molecule has 2 aromatic rings. The molecule has 1 aromatic carbocycles. The largest absolute Gasteiger partial charge is 0.376 e. The smallest absolute Gasteiger partial charge is 0.341 e. The highest BCUT2D eigenvalue weighted by Gasteiger charge is 2.24. The minimum Gasteiger partial charge on any atom is -0.376 e. The summed E-state index contributed by atoms with van der Waals surface area (Å²) in [6.07, 6.45) is 0. The monoisotopic (exact) mass is 326 g/mol. The predicted molar refractivity (Wildman–Crippen MR) is 68.6 cm³/mol. The van der Waals surface area contributed by atoms with Crippen LogP contribution >= 0.6 is 34.5 Å². The van der Waals surface area contributed by atoms with Crippen molar-refractivity contribution in [1.82, 2.24) is 0 Å². The Hall–Kier alpha value is -0.820. The molecule has 0 amide bonds. The Bertz CT molecular complexity index is 682. The van der Waals surface area contributed by atoms with E-state index in [-0.39, 0.29) is 13.6 Å². The Morgan fingerprint density at radius 2 is 1.89 bits per heavy atom. The van der Waals surface area contributed by atoms with Crippen molar-refractivity contribution in [2.75, 3.05) is 0 Å². The Kier molecular flexibility index (Phi) is 3.82. The van der Waals surface area contributed by atoms with Gasteiger partial charge in [-0.15, -0.1) is 11.3 Å². The maximum atomic E-state index is 13.3. The zero-order chi connectivity index (χ0) is 13.3. The van der Waals surface area contributed by atoms with Gasteiger partial charge in [0.05, 0.1) is 4.34 Å². The van der Waals surface area contributed by atoms with Crippen LogP contribution in [0.2, 0.25) is 8.67 Å². The molecule has 3 nitrogen and oxygen atoms in total. The topological polar surface area (TPSA) is 43.4 Å². The summed E-state index contributed by atoms with van der Waals surface area (Å²) in [5.74, 6) is -1.17. The van der Waals surface area contributed by atoms with E-state index in [4.69, 9.17) is 23.2 Å². The van der Waals surface area contributed by atoms with Crippen molar-refractivity contribution in [3.8, 4) is 5.75 Å². The van der Waals surface area contributed by atoms with Crippen molar-refractivity contribution in [1.29, 1.82) is 0 Å². The SMILES string of the molecule is O=S(=O)(Oc1ccccc1F)c1cc(Cl)sc1Cl. The summed E-state index contributed by atoms with van der Waals surface area (Å²) in [5.41, 5.74) is 0. The lowest BCUT2D eigenvalue weighted by atomic mass is 10.3. The molecule has 0 aliphatic carbocycles. The highest BCUT2D eigenvalue weighted by Crippen LogP contribution is 2.35. The first kappa shape index (κ1) is 13.6. The van der Waals surface area contributed by atoms with Crippen molar-refractivity contribution in [2.24, 2.45) is 0 Å². The molecule has 0 spiro atoms. The summed E-state index contributed by atoms with van der Waals surface area (Å²) in [4.78, 5) is -0.276. The van der Waals surface area contributed by atoms with Gasteiger partial charge in [0.15, 0.2) is 11.6 Å². The first-order valence-electron chi connectivity index (χ1n) is 4.54. The molecule has 0 radical (unpaired) electrons. The fourth-order valence-electron chi connectivity index (χ4n) is 1.17. The van der Waals surface area contributed by atoms with E-state index in [1.807, 2.05) is 0 Å². The van der Waals surface area contributed by atoms with E-state index in [2.05, 4.69) is 4.18 Å². The van der Waals surface area contributed by atoms with Crippen molar-refractivity contribution >= 4 is 44.7 Å². The van der Waals surface area contributed by atoms with Crippen LogP contribution in [0.4, 0.5) is 4.39 Å². The summed E-state index contributed by atoms with van der Waals surface area (Å²) in [6.45, 7) is 0. The van der Waals surface area contributed by atoms with E-state index in [0.717, 1.165) is 23.5 Å². The fraction of sp³-hybridized carbons (Fsp3) is 0. The molecule has 0 N–H and O–H groups in total. The highest BCUT2D eigenvalue weighted by atomic mass is 35.5. The molecule has 0 unspecified atom stereocenters. The number of halogens is 3. The van der Waals surface area contributed by atoms with Crippen LogP contribution in [0.5, 0.6) is 5.75 Å². The molecule has 0 bridgehead atoms. The van der Waals surface area contributed by atoms with Crippen LogP contribution in [0.15, 0.2) is 35.2 Å². The maximum Gasteiger partial charge on any atom is 0.341 e. The van der Waals surface area contributed by atoms with Gasteiger partial charge >= 0.3 is 10.1 Å². The van der Waals surface area contributed by atoms with Crippen molar-refractivity contribution in [3.63, 3.8) is 0 Å². The van der Waals surface area contributed by atoms with Gasteiger partial charge in [-0.3, -0.25) is 0 Å². The van der Waals surface area contributed by atoms with E-state index in [0.29, 0.717) is 0 Å². The molecule has 0 atom stereocenters. The van der Waals surface area contributed by atoms with Gasteiger partial charge in [0.25, 0.3) is 0 Å². The quantitative estimate of drug-likeness (QED) is 0.802. The predicted octanol–water partition coefficient (Wildman–Crippen LogP) is 3.96. The molecule has 0 fully saturated rings. The molecular weight excluding hydrogens is 322 g/mol. The van der Waals surface area contributed by atoms with Gasteiger partial charge in [0, 0.05) is 0 Å². The second-order valence-corrected chi connectivity index (χ2v) is 6.96. The summed E-state index contributed by atoms with van der Waals surface area (Å²) in [5, 5.41) is 0. The Morgan fingerprint density at radius 1 is 1.22 bits per heavy atom. The average Bonchev–Trinajstić information content (AvgIpc) is 2.62. The second kappa shape index (κ2) is 5.05. The molecule has 0 aliphatic heterocycles. The van der Waals surface area contributed by atoms with Gasteiger partial charge in [-0.25, -0.2) is 4.39 Å². The van der Waals surface area contributed by atoms with Crippen LogP contribution in [0, 0.1) is 5.82 Å². The average molecular weight is 327 g/mol.